The van der Waals surface area contributed by atoms with E-state index >= 15 is 0 Å². The molecule has 0 radical (unpaired) electrons. The van der Waals surface area contributed by atoms with Gasteiger partial charge in [-0.05, 0) is 19.9 Å². The van der Waals surface area contributed by atoms with E-state index in [0.29, 0.717) is 11.4 Å². The summed E-state index contributed by atoms with van der Waals surface area (Å²) in [7, 11) is 1.59. The van der Waals surface area contributed by atoms with E-state index in [0.717, 1.165) is 6.07 Å². The quantitative estimate of drug-likeness (QED) is 0.695. The average molecular weight is 229 g/mol. The monoisotopic (exact) mass is 229 g/mol. The van der Waals surface area contributed by atoms with Gasteiger partial charge in [0, 0.05) is 12.7 Å². The predicted molar refractivity (Wildman–Crippen MR) is 53.0 cm³/mol. The van der Waals surface area contributed by atoms with Gasteiger partial charge in [-0.3, -0.25) is 4.68 Å². The molecule has 0 N–H and O–H groups in total. The Labute approximate surface area is 89.9 Å². The molecule has 3 nitrogen and oxygen atoms in total. The van der Waals surface area contributed by atoms with Gasteiger partial charge in [-0.2, -0.15) is 18.3 Å². The Morgan fingerprint density at radius 3 is 2.44 bits per heavy atom. The number of pyridine rings is 1. The first kappa shape index (κ1) is 10.9. The fourth-order valence-electron chi connectivity index (χ4n) is 1.79. The molecule has 2 aromatic heterocycles. The van der Waals surface area contributed by atoms with Crippen LogP contribution in [0.3, 0.4) is 0 Å². The van der Waals surface area contributed by atoms with Crippen molar-refractivity contribution in [1.29, 1.82) is 0 Å². The van der Waals surface area contributed by atoms with Crippen molar-refractivity contribution in [2.45, 2.75) is 20.0 Å². The lowest BCUT2D eigenvalue weighted by Gasteiger charge is -2.09. The van der Waals surface area contributed by atoms with Gasteiger partial charge >= 0.3 is 6.18 Å². The van der Waals surface area contributed by atoms with E-state index in [9.17, 15) is 13.2 Å². The van der Waals surface area contributed by atoms with Gasteiger partial charge in [-0.1, -0.05) is 0 Å². The van der Waals surface area contributed by atoms with Crippen LogP contribution < -0.4 is 0 Å². The van der Waals surface area contributed by atoms with Crippen LogP contribution in [0, 0.1) is 13.8 Å². The highest BCUT2D eigenvalue weighted by Crippen LogP contribution is 2.35. The second-order valence-corrected chi connectivity index (χ2v) is 3.72. The van der Waals surface area contributed by atoms with Gasteiger partial charge in [0.1, 0.15) is 0 Å². The molecule has 0 aliphatic carbocycles. The lowest BCUT2D eigenvalue weighted by atomic mass is 10.1. The van der Waals surface area contributed by atoms with Crippen LogP contribution in [-0.2, 0) is 13.2 Å². The molecule has 0 aliphatic rings. The summed E-state index contributed by atoms with van der Waals surface area (Å²) in [5.41, 5.74) is 0.283. The zero-order valence-corrected chi connectivity index (χ0v) is 9.05. The maximum Gasteiger partial charge on any atom is 0.417 e. The molecule has 0 aliphatic heterocycles. The summed E-state index contributed by atoms with van der Waals surface area (Å²) in [6, 6.07) is 1.05. The highest BCUT2D eigenvalue weighted by atomic mass is 19.4. The van der Waals surface area contributed by atoms with Crippen LogP contribution in [0.1, 0.15) is 17.0 Å². The van der Waals surface area contributed by atoms with E-state index in [1.54, 1.807) is 14.0 Å². The number of aryl methyl sites for hydroxylation is 3. The summed E-state index contributed by atoms with van der Waals surface area (Å²) >= 11 is 0. The first-order chi connectivity index (χ1) is 7.30. The Balaban J connectivity index is 2.92. The third-order valence-corrected chi connectivity index (χ3v) is 2.40. The van der Waals surface area contributed by atoms with Crippen molar-refractivity contribution in [3.8, 4) is 0 Å². The predicted octanol–water partition coefficient (Wildman–Crippen LogP) is 2.60. The smallest absolute Gasteiger partial charge is 0.250 e. The van der Waals surface area contributed by atoms with Gasteiger partial charge in [-0.15, -0.1) is 0 Å². The lowest BCUT2D eigenvalue weighted by molar-refractivity contribution is -0.136. The van der Waals surface area contributed by atoms with Crippen LogP contribution >= 0.6 is 0 Å². The Morgan fingerprint density at radius 1 is 1.25 bits per heavy atom. The van der Waals surface area contributed by atoms with Crippen LogP contribution in [0.2, 0.25) is 0 Å². The van der Waals surface area contributed by atoms with Crippen LogP contribution in [0.15, 0.2) is 6.07 Å². The summed E-state index contributed by atoms with van der Waals surface area (Å²) in [6.45, 7) is 3.09. The number of rotatable bonds is 0. The Kier molecular flexibility index (Phi) is 2.18. The average Bonchev–Trinajstić information content (AvgIpc) is 2.40. The molecular weight excluding hydrogens is 219 g/mol. The van der Waals surface area contributed by atoms with Gasteiger partial charge in [-0.25, -0.2) is 4.98 Å². The second kappa shape index (κ2) is 3.20. The number of aromatic nitrogens is 3. The molecule has 0 saturated heterocycles. The summed E-state index contributed by atoms with van der Waals surface area (Å²) in [4.78, 5) is 4.07. The van der Waals surface area contributed by atoms with Gasteiger partial charge in [0.05, 0.1) is 16.6 Å². The molecule has 2 aromatic rings. The molecule has 86 valence electrons. The molecular formula is C10H10F3N3. The van der Waals surface area contributed by atoms with Crippen LogP contribution in [-0.4, -0.2) is 14.8 Å². The van der Waals surface area contributed by atoms with E-state index in [1.165, 1.54) is 11.6 Å². The number of alkyl halides is 3. The molecule has 0 saturated carbocycles. The topological polar surface area (TPSA) is 30.7 Å². The lowest BCUT2D eigenvalue weighted by Crippen LogP contribution is -2.07. The molecule has 2 heterocycles. The van der Waals surface area contributed by atoms with Crippen molar-refractivity contribution in [2.75, 3.05) is 0 Å². The molecule has 6 heteroatoms. The third-order valence-electron chi connectivity index (χ3n) is 2.40. The molecule has 16 heavy (non-hydrogen) atoms. The number of hydrogen-bond donors (Lipinski definition) is 0. The number of halogens is 3. The number of hydrogen-bond acceptors (Lipinski definition) is 2. The first-order valence-electron chi connectivity index (χ1n) is 4.69. The molecule has 0 aromatic carbocycles. The maximum absolute atomic E-state index is 12.8. The van der Waals surface area contributed by atoms with Gasteiger partial charge in [0.2, 0.25) is 0 Å². The highest BCUT2D eigenvalue weighted by Gasteiger charge is 2.34. The van der Waals surface area contributed by atoms with Crippen LogP contribution in [0.5, 0.6) is 0 Å². The minimum absolute atomic E-state index is 0.0839. The Hall–Kier alpha value is -1.59. The molecule has 2 rings (SSSR count). The van der Waals surface area contributed by atoms with Gasteiger partial charge < -0.3 is 0 Å². The SMILES string of the molecule is Cc1cc(C(F)(F)F)c2c(C)nn(C)c2n1. The second-order valence-electron chi connectivity index (χ2n) is 3.72. The molecule has 0 spiro atoms. The summed E-state index contributed by atoms with van der Waals surface area (Å²) < 4.78 is 39.8. The summed E-state index contributed by atoms with van der Waals surface area (Å²) in [5, 5.41) is 4.04. The summed E-state index contributed by atoms with van der Waals surface area (Å²) in [5.74, 6) is 0. The van der Waals surface area contributed by atoms with E-state index < -0.39 is 11.7 Å². The maximum atomic E-state index is 12.8. The Bertz CT molecular complexity index is 554. The molecule has 0 fully saturated rings. The number of fused-ring (bicyclic) bond motifs is 1. The third kappa shape index (κ3) is 1.54. The van der Waals surface area contributed by atoms with Crippen molar-refractivity contribution in [3.05, 3.63) is 23.0 Å². The molecule has 0 amide bonds. The number of nitrogens with zero attached hydrogens (tertiary/aromatic N) is 3. The van der Waals surface area contributed by atoms with E-state index in [1.807, 2.05) is 0 Å². The van der Waals surface area contributed by atoms with E-state index in [-0.39, 0.29) is 11.0 Å². The fourth-order valence-corrected chi connectivity index (χ4v) is 1.79. The zero-order chi connectivity index (χ0) is 12.1. The minimum atomic E-state index is -4.38. The highest BCUT2D eigenvalue weighted by molar-refractivity contribution is 5.82. The van der Waals surface area contributed by atoms with E-state index in [4.69, 9.17) is 0 Å². The van der Waals surface area contributed by atoms with Crippen LogP contribution in [0.4, 0.5) is 13.2 Å². The van der Waals surface area contributed by atoms with Gasteiger partial charge in [0.25, 0.3) is 0 Å². The molecule has 0 unspecified atom stereocenters. The van der Waals surface area contributed by atoms with Gasteiger partial charge in [0.15, 0.2) is 5.65 Å². The van der Waals surface area contributed by atoms with Crippen molar-refractivity contribution in [2.24, 2.45) is 7.05 Å². The zero-order valence-electron chi connectivity index (χ0n) is 9.05. The fraction of sp³-hybridized carbons (Fsp3) is 0.400. The van der Waals surface area contributed by atoms with Crippen molar-refractivity contribution >= 4 is 11.0 Å². The Morgan fingerprint density at radius 2 is 1.88 bits per heavy atom. The molecule has 0 bridgehead atoms. The molecule has 0 atom stereocenters. The standard InChI is InChI=1S/C10H10F3N3/c1-5-4-7(10(11,12)13)8-6(2)15-16(3)9(8)14-5/h4H,1-3H3. The summed E-state index contributed by atoms with van der Waals surface area (Å²) in [6.07, 6.45) is -4.38. The van der Waals surface area contributed by atoms with Crippen LogP contribution in [0.25, 0.3) is 11.0 Å². The van der Waals surface area contributed by atoms with Crippen molar-refractivity contribution in [3.63, 3.8) is 0 Å². The van der Waals surface area contributed by atoms with Crippen molar-refractivity contribution < 1.29 is 13.2 Å². The van der Waals surface area contributed by atoms with Crippen molar-refractivity contribution in [1.82, 2.24) is 14.8 Å². The largest absolute Gasteiger partial charge is 0.417 e. The minimum Gasteiger partial charge on any atom is -0.250 e. The first-order valence-corrected chi connectivity index (χ1v) is 4.69. The van der Waals surface area contributed by atoms with E-state index in [2.05, 4.69) is 10.1 Å². The normalized spacial score (nSPS) is 12.4.